The van der Waals surface area contributed by atoms with Gasteiger partial charge in [-0.2, -0.15) is 5.10 Å². The molecular formula is C19H27N5O. The lowest BCUT2D eigenvalue weighted by molar-refractivity contribution is -0.135. The second kappa shape index (κ2) is 7.68. The molecule has 25 heavy (non-hydrogen) atoms. The van der Waals surface area contributed by atoms with Gasteiger partial charge in [0, 0.05) is 31.9 Å². The average molecular weight is 341 g/mol. The van der Waals surface area contributed by atoms with Crippen LogP contribution in [0.1, 0.15) is 25.0 Å². The van der Waals surface area contributed by atoms with Gasteiger partial charge in [-0.25, -0.2) is 9.67 Å². The molecule has 1 aliphatic heterocycles. The van der Waals surface area contributed by atoms with Crippen molar-refractivity contribution in [2.45, 2.75) is 33.7 Å². The number of anilines is 1. The second-order valence-electron chi connectivity index (χ2n) is 6.79. The summed E-state index contributed by atoms with van der Waals surface area (Å²) in [4.78, 5) is 21.5. The van der Waals surface area contributed by atoms with E-state index in [-0.39, 0.29) is 11.8 Å². The average Bonchev–Trinajstić information content (AvgIpc) is 2.80. The van der Waals surface area contributed by atoms with Crippen molar-refractivity contribution in [2.24, 2.45) is 5.92 Å². The monoisotopic (exact) mass is 341 g/mol. The minimum absolute atomic E-state index is 0.0944. The maximum atomic E-state index is 12.9. The van der Waals surface area contributed by atoms with Gasteiger partial charge in [0.2, 0.25) is 5.91 Å². The van der Waals surface area contributed by atoms with Gasteiger partial charge in [0.25, 0.3) is 0 Å². The molecule has 0 radical (unpaired) electrons. The van der Waals surface area contributed by atoms with E-state index in [1.54, 1.807) is 0 Å². The highest BCUT2D eigenvalue weighted by molar-refractivity contribution is 5.78. The number of benzene rings is 1. The molecule has 1 amide bonds. The van der Waals surface area contributed by atoms with Crippen LogP contribution in [0.4, 0.5) is 5.69 Å². The molecule has 0 bridgehead atoms. The van der Waals surface area contributed by atoms with Crippen LogP contribution in [0.25, 0.3) is 0 Å². The first-order chi connectivity index (χ1) is 12.0. The first kappa shape index (κ1) is 17.5. The Kier molecular flexibility index (Phi) is 5.36. The molecule has 6 nitrogen and oxygen atoms in total. The van der Waals surface area contributed by atoms with Gasteiger partial charge < -0.3 is 9.80 Å². The molecule has 2 aromatic rings. The number of hydrogen-bond acceptors (Lipinski definition) is 4. The summed E-state index contributed by atoms with van der Waals surface area (Å²) in [6.45, 7) is 9.84. The fourth-order valence-electron chi connectivity index (χ4n) is 3.42. The number of amides is 1. The third-order valence-corrected chi connectivity index (χ3v) is 4.76. The first-order valence-electron chi connectivity index (χ1n) is 9.01. The Labute approximate surface area is 149 Å². The molecule has 6 heteroatoms. The maximum absolute atomic E-state index is 12.9. The van der Waals surface area contributed by atoms with Crippen LogP contribution >= 0.6 is 0 Å². The van der Waals surface area contributed by atoms with Gasteiger partial charge in [0.1, 0.15) is 11.6 Å². The molecule has 1 aromatic carbocycles. The molecule has 0 aliphatic carbocycles. The van der Waals surface area contributed by atoms with E-state index in [1.807, 2.05) is 36.4 Å². The van der Waals surface area contributed by atoms with Crippen molar-refractivity contribution in [3.8, 4) is 0 Å². The molecule has 1 atom stereocenters. The fraction of sp³-hybridized carbons (Fsp3) is 0.526. The topological polar surface area (TPSA) is 54.3 Å². The van der Waals surface area contributed by atoms with Crippen LogP contribution in [-0.4, -0.2) is 51.8 Å². The Balaban J connectivity index is 1.60. The van der Waals surface area contributed by atoms with Crippen molar-refractivity contribution in [1.82, 2.24) is 19.7 Å². The molecule has 1 saturated heterocycles. The number of para-hydroxylation sites is 1. The Bertz CT molecular complexity index is 712. The summed E-state index contributed by atoms with van der Waals surface area (Å²) in [5, 5.41) is 4.37. The van der Waals surface area contributed by atoms with Crippen molar-refractivity contribution in [2.75, 3.05) is 31.1 Å². The van der Waals surface area contributed by atoms with Gasteiger partial charge in [0.15, 0.2) is 0 Å². The zero-order valence-electron chi connectivity index (χ0n) is 15.4. The highest BCUT2D eigenvalue weighted by Gasteiger charge is 2.24. The summed E-state index contributed by atoms with van der Waals surface area (Å²) < 4.78 is 1.84. The van der Waals surface area contributed by atoms with Gasteiger partial charge in [0.05, 0.1) is 12.5 Å². The molecule has 3 rings (SSSR count). The van der Waals surface area contributed by atoms with E-state index in [0.717, 1.165) is 44.2 Å². The van der Waals surface area contributed by atoms with Gasteiger partial charge in [-0.1, -0.05) is 25.1 Å². The van der Waals surface area contributed by atoms with Crippen LogP contribution in [0.5, 0.6) is 0 Å². The van der Waals surface area contributed by atoms with Crippen molar-refractivity contribution in [3.05, 3.63) is 42.0 Å². The van der Waals surface area contributed by atoms with E-state index in [4.69, 9.17) is 0 Å². The van der Waals surface area contributed by atoms with Gasteiger partial charge in [-0.05, 0) is 32.4 Å². The van der Waals surface area contributed by atoms with Gasteiger partial charge in [-0.3, -0.25) is 4.79 Å². The number of carbonyl (C=O) groups is 1. The number of aryl methyl sites for hydroxylation is 2. The van der Waals surface area contributed by atoms with Crippen molar-refractivity contribution < 1.29 is 4.79 Å². The zero-order valence-corrected chi connectivity index (χ0v) is 15.4. The minimum atomic E-state index is -0.0944. The fourth-order valence-corrected chi connectivity index (χ4v) is 3.42. The van der Waals surface area contributed by atoms with Crippen LogP contribution in [0.2, 0.25) is 0 Å². The lowest BCUT2D eigenvalue weighted by Crippen LogP contribution is -2.39. The highest BCUT2D eigenvalue weighted by Crippen LogP contribution is 2.17. The summed E-state index contributed by atoms with van der Waals surface area (Å²) in [5.41, 5.74) is 1.23. The summed E-state index contributed by atoms with van der Waals surface area (Å²) in [7, 11) is 0. The molecule has 0 spiro atoms. The molecule has 134 valence electrons. The Morgan fingerprint density at radius 2 is 1.88 bits per heavy atom. The number of hydrogen-bond donors (Lipinski definition) is 0. The molecule has 1 aromatic heterocycles. The van der Waals surface area contributed by atoms with Crippen LogP contribution in [0.15, 0.2) is 30.3 Å². The van der Waals surface area contributed by atoms with Gasteiger partial charge >= 0.3 is 0 Å². The largest absolute Gasteiger partial charge is 0.370 e. The molecule has 0 unspecified atom stereocenters. The predicted octanol–water partition coefficient (Wildman–Crippen LogP) is 2.27. The Morgan fingerprint density at radius 1 is 1.12 bits per heavy atom. The summed E-state index contributed by atoms with van der Waals surface area (Å²) in [6, 6.07) is 10.4. The molecular weight excluding hydrogens is 314 g/mol. The van der Waals surface area contributed by atoms with E-state index in [2.05, 4.69) is 39.2 Å². The lowest BCUT2D eigenvalue weighted by Gasteiger charge is -2.25. The SMILES string of the molecule is Cc1nc(C)n(C[C@@H](C)C(=O)N2CCCN(c3ccccc3)CC2)n1. The van der Waals surface area contributed by atoms with Crippen molar-refractivity contribution in [3.63, 3.8) is 0 Å². The maximum Gasteiger partial charge on any atom is 0.227 e. The van der Waals surface area contributed by atoms with E-state index < -0.39 is 0 Å². The molecule has 0 N–H and O–H groups in total. The lowest BCUT2D eigenvalue weighted by atomic mass is 10.1. The molecule has 0 saturated carbocycles. The second-order valence-corrected chi connectivity index (χ2v) is 6.79. The molecule has 1 aliphatic rings. The first-order valence-corrected chi connectivity index (χ1v) is 9.01. The van der Waals surface area contributed by atoms with Crippen LogP contribution in [0, 0.1) is 19.8 Å². The molecule has 1 fully saturated rings. The van der Waals surface area contributed by atoms with E-state index in [9.17, 15) is 4.79 Å². The highest BCUT2D eigenvalue weighted by atomic mass is 16.2. The summed E-state index contributed by atoms with van der Waals surface area (Å²) in [5.74, 6) is 1.74. The van der Waals surface area contributed by atoms with Crippen LogP contribution < -0.4 is 4.90 Å². The third-order valence-electron chi connectivity index (χ3n) is 4.76. The summed E-state index contributed by atoms with van der Waals surface area (Å²) in [6.07, 6.45) is 0.995. The van der Waals surface area contributed by atoms with E-state index in [0.29, 0.717) is 6.54 Å². The molecule has 2 heterocycles. The number of rotatable bonds is 4. The normalized spacial score (nSPS) is 16.6. The van der Waals surface area contributed by atoms with Crippen LogP contribution in [-0.2, 0) is 11.3 Å². The Morgan fingerprint density at radius 3 is 2.56 bits per heavy atom. The van der Waals surface area contributed by atoms with Crippen LogP contribution in [0.3, 0.4) is 0 Å². The third kappa shape index (κ3) is 4.18. The quantitative estimate of drug-likeness (QED) is 0.856. The summed E-state index contributed by atoms with van der Waals surface area (Å²) >= 11 is 0. The predicted molar refractivity (Wildman–Crippen MR) is 98.5 cm³/mol. The van der Waals surface area contributed by atoms with E-state index >= 15 is 0 Å². The Hall–Kier alpha value is -2.37. The number of carbonyl (C=O) groups excluding carboxylic acids is 1. The standard InChI is InChI=1S/C19H27N5O/c1-15(14-24-17(3)20-16(2)21-24)19(25)23-11-7-10-22(12-13-23)18-8-5-4-6-9-18/h4-6,8-9,15H,7,10-14H2,1-3H3/t15-/m1/s1. The van der Waals surface area contributed by atoms with Gasteiger partial charge in [-0.15, -0.1) is 0 Å². The van der Waals surface area contributed by atoms with E-state index in [1.165, 1.54) is 5.69 Å². The number of aromatic nitrogens is 3. The van der Waals surface area contributed by atoms with Crippen molar-refractivity contribution in [1.29, 1.82) is 0 Å². The van der Waals surface area contributed by atoms with Crippen molar-refractivity contribution >= 4 is 11.6 Å². The number of nitrogens with zero attached hydrogens (tertiary/aromatic N) is 5. The minimum Gasteiger partial charge on any atom is -0.370 e. The zero-order chi connectivity index (χ0) is 17.8. The smallest absolute Gasteiger partial charge is 0.227 e.